The smallest absolute Gasteiger partial charge is 0.245 e. The summed E-state index contributed by atoms with van der Waals surface area (Å²) in [7, 11) is 0. The van der Waals surface area contributed by atoms with E-state index >= 15 is 0 Å². The Morgan fingerprint density at radius 3 is 0.714 bits per heavy atom. The Kier molecular flexibility index (Phi) is 57.9. The van der Waals surface area contributed by atoms with Crippen molar-refractivity contribution in [2.24, 2.45) is 81.6 Å². The van der Waals surface area contributed by atoms with Crippen molar-refractivity contribution in [1.29, 1.82) is 0 Å². The van der Waals surface area contributed by atoms with Gasteiger partial charge in [0.15, 0.2) is 0 Å². The van der Waals surface area contributed by atoms with Gasteiger partial charge in [-0.25, -0.2) is 0 Å². The molecule has 1 heterocycles. The van der Waals surface area contributed by atoms with Crippen LogP contribution >= 0.6 is 0 Å². The van der Waals surface area contributed by atoms with Crippen LogP contribution in [0.2, 0.25) is 0 Å². The number of carbonyl (C=O) groups is 16. The molecule has 1 aliphatic rings. The van der Waals surface area contributed by atoms with E-state index in [4.69, 9.17) is 40.1 Å². The van der Waals surface area contributed by atoms with Crippen molar-refractivity contribution >= 4 is 94.5 Å². The summed E-state index contributed by atoms with van der Waals surface area (Å²) in [5, 5.41) is 39.0. The van der Waals surface area contributed by atoms with E-state index in [2.05, 4.69) is 74.4 Å². The molecular formula is C88H166N22O16. The van der Waals surface area contributed by atoms with Gasteiger partial charge < -0.3 is 119 Å². The fraction of sp³-hybridized carbons (Fsp3) is 0.818. The standard InChI is InChI=1S/C88H166N22O16/c1-51(2)44-66(106-84(122)69(47-54(7)8)104-78(116)63(33-20-26-40-92)100-82(120)68(46-53(5)6)108-86(124)71(49-56(11)12)103-77(115)62(32-19-25-39-91)99-76(114)61(97-59(16)111)31-18-24-38-90)80(118)96-58(15)75(113)102-65(35-22-28-42-94)88(126)110-43-29-36-73(110)87(125)109-72(50-57(13)14)83(121)101-64(34-21-27-41-93)79(117)105-70(48-55(9)10)85(123)107-67(45-52(3)4)81(119)98-60(74(95)112)30-17-23-37-89/h51-58,60-73H,17-50,89-94H2,1-16H3,(H2,95,112)(H,96,118)(H,97,111)(H,98,119)(H,99,114)(H,100,120)(H,101,121)(H,102,113)(H,103,115)(H,104,116)(H,105,117)(H,106,122)(H,107,123)(H,108,124)(H,109,125)/t58-,60-,61-,62-,63-,64-,65-,66-,67-,68-,69-,70-,71-,72-,73-/m0/s1. The molecule has 1 rings (SSSR count). The first kappa shape index (κ1) is 115. The number of rotatable bonds is 67. The summed E-state index contributed by atoms with van der Waals surface area (Å²) in [5.74, 6) is -12.2. The molecule has 0 aromatic carbocycles. The Balaban J connectivity index is 3.63. The fourth-order valence-electron chi connectivity index (χ4n) is 14.9. The number of nitrogens with zero attached hydrogens (tertiary/aromatic N) is 1. The van der Waals surface area contributed by atoms with Crippen LogP contribution in [0.1, 0.15) is 284 Å². The van der Waals surface area contributed by atoms with Gasteiger partial charge in [0.2, 0.25) is 94.5 Å². The van der Waals surface area contributed by atoms with Crippen LogP contribution in [0.25, 0.3) is 0 Å². The zero-order valence-electron chi connectivity index (χ0n) is 78.8. The summed E-state index contributed by atoms with van der Waals surface area (Å²) >= 11 is 0. The number of unbranched alkanes of at least 4 members (excludes halogenated alkanes) is 6. The number of carbonyl (C=O) groups excluding carboxylic acids is 16. The first-order chi connectivity index (χ1) is 59.4. The van der Waals surface area contributed by atoms with Crippen molar-refractivity contribution < 1.29 is 76.7 Å². The number of primary amides is 1. The highest BCUT2D eigenvalue weighted by molar-refractivity contribution is 6.01. The van der Waals surface area contributed by atoms with E-state index in [9.17, 15) is 76.7 Å². The number of amides is 16. The van der Waals surface area contributed by atoms with Gasteiger partial charge in [-0.05, 0) is 261 Å². The summed E-state index contributed by atoms with van der Waals surface area (Å²) < 4.78 is 0. The van der Waals surface area contributed by atoms with Crippen LogP contribution in [-0.4, -0.2) is 236 Å². The zero-order valence-corrected chi connectivity index (χ0v) is 78.8. The summed E-state index contributed by atoms with van der Waals surface area (Å²) in [6.07, 6.45) is 7.86. The minimum absolute atomic E-state index is 0.0551. The van der Waals surface area contributed by atoms with Gasteiger partial charge in [-0.2, -0.15) is 0 Å². The van der Waals surface area contributed by atoms with Gasteiger partial charge in [0.05, 0.1) is 0 Å². The van der Waals surface area contributed by atoms with Crippen LogP contribution in [0.5, 0.6) is 0 Å². The zero-order chi connectivity index (χ0) is 95.5. The highest BCUT2D eigenvalue weighted by atomic mass is 16.2. The van der Waals surface area contributed by atoms with Crippen LogP contribution in [0.4, 0.5) is 0 Å². The molecule has 0 aromatic rings. The largest absolute Gasteiger partial charge is 0.368 e. The van der Waals surface area contributed by atoms with Crippen molar-refractivity contribution in [2.45, 2.75) is 375 Å². The predicted octanol–water partition coefficient (Wildman–Crippen LogP) is 0.386. The van der Waals surface area contributed by atoms with Gasteiger partial charge in [0.25, 0.3) is 0 Å². The van der Waals surface area contributed by atoms with Crippen molar-refractivity contribution in [3.05, 3.63) is 0 Å². The van der Waals surface area contributed by atoms with Crippen LogP contribution in [0.3, 0.4) is 0 Å². The van der Waals surface area contributed by atoms with Crippen molar-refractivity contribution in [2.75, 3.05) is 45.8 Å². The van der Waals surface area contributed by atoms with E-state index < -0.39 is 185 Å². The second-order valence-corrected chi connectivity index (χ2v) is 36.9. The molecule has 28 N–H and O–H groups in total. The summed E-state index contributed by atoms with van der Waals surface area (Å²) in [4.78, 5) is 228. The van der Waals surface area contributed by atoms with Crippen LogP contribution < -0.4 is 115 Å². The van der Waals surface area contributed by atoms with Crippen molar-refractivity contribution in [3.8, 4) is 0 Å². The van der Waals surface area contributed by atoms with Crippen LogP contribution in [0, 0.1) is 41.4 Å². The summed E-state index contributed by atoms with van der Waals surface area (Å²) in [5.41, 5.74) is 40.5. The van der Waals surface area contributed by atoms with Gasteiger partial charge in [-0.1, -0.05) is 96.9 Å². The monoisotopic (exact) mass is 1790 g/mol. The molecule has 0 aromatic heterocycles. The Bertz CT molecular complexity index is 3370. The van der Waals surface area contributed by atoms with E-state index in [1.807, 2.05) is 96.9 Å². The molecule has 0 aliphatic carbocycles. The second kappa shape index (κ2) is 63.3. The Hall–Kier alpha value is -8.72. The first-order valence-corrected chi connectivity index (χ1v) is 46.4. The lowest BCUT2D eigenvalue weighted by Gasteiger charge is -2.31. The maximum Gasteiger partial charge on any atom is 0.245 e. The molecule has 0 bridgehead atoms. The summed E-state index contributed by atoms with van der Waals surface area (Å²) in [6, 6.07) is -17.9. The highest BCUT2D eigenvalue weighted by Gasteiger charge is 2.42. The lowest BCUT2D eigenvalue weighted by molar-refractivity contribution is -0.142. The maximum absolute atomic E-state index is 14.9. The van der Waals surface area contributed by atoms with Gasteiger partial charge in [-0.3, -0.25) is 76.7 Å². The molecule has 38 heteroatoms. The average molecular weight is 1790 g/mol. The minimum Gasteiger partial charge on any atom is -0.368 e. The van der Waals surface area contributed by atoms with E-state index in [-0.39, 0.29) is 157 Å². The molecule has 0 saturated carbocycles. The van der Waals surface area contributed by atoms with E-state index in [1.165, 1.54) is 18.7 Å². The molecule has 16 amide bonds. The molecule has 1 fully saturated rings. The molecule has 0 radical (unpaired) electrons. The normalized spacial score (nSPS) is 16.1. The molecule has 0 unspecified atom stereocenters. The van der Waals surface area contributed by atoms with Gasteiger partial charge in [0, 0.05) is 13.5 Å². The second-order valence-electron chi connectivity index (χ2n) is 36.9. The molecule has 1 saturated heterocycles. The molecule has 1 aliphatic heterocycles. The first-order valence-electron chi connectivity index (χ1n) is 46.4. The van der Waals surface area contributed by atoms with Gasteiger partial charge in [0.1, 0.15) is 90.6 Å². The Morgan fingerprint density at radius 2 is 0.468 bits per heavy atom. The highest BCUT2D eigenvalue weighted by Crippen LogP contribution is 2.23. The van der Waals surface area contributed by atoms with Gasteiger partial charge >= 0.3 is 0 Å². The number of hydrogen-bond acceptors (Lipinski definition) is 22. The maximum atomic E-state index is 14.9. The lowest BCUT2D eigenvalue weighted by Crippen LogP contribution is -2.61. The number of likely N-dealkylation sites (tertiary alicyclic amines) is 1. The van der Waals surface area contributed by atoms with Gasteiger partial charge in [-0.15, -0.1) is 0 Å². The molecule has 0 spiro atoms. The molecule has 15 atom stereocenters. The van der Waals surface area contributed by atoms with Crippen LogP contribution in [0.15, 0.2) is 0 Å². The molecule has 724 valence electrons. The Labute approximate surface area is 749 Å². The Morgan fingerprint density at radius 1 is 0.262 bits per heavy atom. The minimum atomic E-state index is -1.33. The molecular weight excluding hydrogens is 1620 g/mol. The number of nitrogens with two attached hydrogens (primary N) is 7. The third-order valence-corrected chi connectivity index (χ3v) is 21.5. The van der Waals surface area contributed by atoms with E-state index in [0.717, 1.165) is 0 Å². The quantitative estimate of drug-likeness (QED) is 0.0366. The summed E-state index contributed by atoms with van der Waals surface area (Å²) in [6.45, 7) is 30.4. The lowest BCUT2D eigenvalue weighted by atomic mass is 9.98. The topological polar surface area (TPSA) is 627 Å². The van der Waals surface area contributed by atoms with E-state index in [0.29, 0.717) is 103 Å². The fourth-order valence-corrected chi connectivity index (χ4v) is 14.9. The predicted molar refractivity (Wildman–Crippen MR) is 486 cm³/mol. The third-order valence-electron chi connectivity index (χ3n) is 21.5. The number of nitrogens with one attached hydrogen (secondary N) is 14. The SMILES string of the molecule is CC(=O)N[C@@H](CCCCN)C(=O)N[C@@H](CCCCN)C(=O)N[C@@H](CC(C)C)C(=O)N[C@@H](CC(C)C)C(=O)N[C@@H](CCCCN)C(=O)N[C@@H](CC(C)C)C(=O)N[C@@H](CC(C)C)C(=O)N[C@@H](C)C(=O)N[C@@H](CCCCN)C(=O)N1CCC[C@H]1C(=O)N[C@@H](CC(C)C)C(=O)N[C@@H](CCCCN)C(=O)N[C@@H](CC(C)C)C(=O)N[C@@H](CC(C)C)C(=O)N[C@@H](CCCCN)C(N)=O. The van der Waals surface area contributed by atoms with Crippen molar-refractivity contribution in [3.63, 3.8) is 0 Å². The third kappa shape index (κ3) is 46.8. The van der Waals surface area contributed by atoms with Crippen molar-refractivity contribution in [1.82, 2.24) is 79.3 Å². The van der Waals surface area contributed by atoms with E-state index in [1.54, 1.807) is 0 Å². The van der Waals surface area contributed by atoms with Crippen LogP contribution in [-0.2, 0) is 76.7 Å². The average Bonchev–Trinajstić information content (AvgIpc) is 1.64. The number of hydrogen-bond donors (Lipinski definition) is 21. The molecule has 126 heavy (non-hydrogen) atoms. The molecule has 38 nitrogen and oxygen atoms in total.